The number of piperidine rings is 1. The van der Waals surface area contributed by atoms with Gasteiger partial charge in [0.15, 0.2) is 6.29 Å². The Morgan fingerprint density at radius 3 is 2.32 bits per heavy atom. The molecule has 6 heteroatoms. The summed E-state index contributed by atoms with van der Waals surface area (Å²) in [7, 11) is 0. The van der Waals surface area contributed by atoms with Gasteiger partial charge >= 0.3 is 0 Å². The van der Waals surface area contributed by atoms with Crippen LogP contribution in [-0.4, -0.2) is 48.8 Å². The zero-order chi connectivity index (χ0) is 15.5. The number of hydrogen-bond donors (Lipinski definition) is 1. The van der Waals surface area contributed by atoms with E-state index in [1.165, 1.54) is 0 Å². The second-order valence-electron chi connectivity index (χ2n) is 5.61. The smallest absolute Gasteiger partial charge is 0.254 e. The number of carbonyl (C=O) groups is 2. The van der Waals surface area contributed by atoms with Gasteiger partial charge in [0.25, 0.3) is 5.91 Å². The van der Waals surface area contributed by atoms with Crippen LogP contribution in [0, 0.1) is 0 Å². The molecule has 22 heavy (non-hydrogen) atoms. The van der Waals surface area contributed by atoms with Crippen LogP contribution in [0.2, 0.25) is 0 Å². The fraction of sp³-hybridized carbons (Fsp3) is 0.500. The zero-order valence-corrected chi connectivity index (χ0v) is 12.4. The van der Waals surface area contributed by atoms with Crippen LogP contribution in [0.3, 0.4) is 0 Å². The normalized spacial score (nSPS) is 22.7. The first-order chi connectivity index (χ1) is 10.7. The Labute approximate surface area is 129 Å². The van der Waals surface area contributed by atoms with Gasteiger partial charge in [-0.05, 0) is 43.5 Å². The summed E-state index contributed by atoms with van der Waals surface area (Å²) in [6.45, 7) is 1.86. The Morgan fingerprint density at radius 2 is 1.68 bits per heavy atom. The molecule has 1 aromatic carbocycles. The highest BCUT2D eigenvalue weighted by atomic mass is 16.7. The first-order valence-electron chi connectivity index (χ1n) is 7.61. The van der Waals surface area contributed by atoms with Crippen molar-refractivity contribution in [1.82, 2.24) is 4.90 Å². The molecule has 0 bridgehead atoms. The van der Waals surface area contributed by atoms with E-state index >= 15 is 0 Å². The van der Waals surface area contributed by atoms with Gasteiger partial charge in [-0.15, -0.1) is 0 Å². The first-order valence-corrected chi connectivity index (χ1v) is 7.61. The van der Waals surface area contributed by atoms with E-state index in [9.17, 15) is 9.59 Å². The van der Waals surface area contributed by atoms with E-state index in [0.29, 0.717) is 30.9 Å². The van der Waals surface area contributed by atoms with E-state index in [2.05, 4.69) is 0 Å². The van der Waals surface area contributed by atoms with E-state index in [0.717, 1.165) is 19.3 Å². The average molecular weight is 304 g/mol. The Hall–Kier alpha value is -1.92. The molecule has 3 rings (SSSR count). The average Bonchev–Trinajstić information content (AvgIpc) is 3.08. The van der Waals surface area contributed by atoms with E-state index < -0.39 is 5.91 Å². The topological polar surface area (TPSA) is 81.9 Å². The number of primary amides is 1. The minimum absolute atomic E-state index is 0.0421. The largest absolute Gasteiger partial charge is 0.366 e. The minimum atomic E-state index is -0.498. The van der Waals surface area contributed by atoms with Gasteiger partial charge in [0.2, 0.25) is 5.91 Å². The van der Waals surface area contributed by atoms with Crippen molar-refractivity contribution in [3.05, 3.63) is 35.4 Å². The first kappa shape index (κ1) is 15.0. The second-order valence-corrected chi connectivity index (χ2v) is 5.61. The Balaban J connectivity index is 1.77. The third kappa shape index (κ3) is 2.98. The molecule has 6 nitrogen and oxygen atoms in total. The predicted octanol–water partition coefficient (Wildman–Crippen LogP) is 1.15. The summed E-state index contributed by atoms with van der Waals surface area (Å²) in [4.78, 5) is 25.7. The number of likely N-dealkylation sites (tertiary alicyclic amines) is 1. The molecule has 2 fully saturated rings. The van der Waals surface area contributed by atoms with E-state index in [-0.39, 0.29) is 18.2 Å². The van der Waals surface area contributed by atoms with E-state index in [1.54, 1.807) is 24.3 Å². The van der Waals surface area contributed by atoms with Gasteiger partial charge in [-0.1, -0.05) is 0 Å². The molecule has 2 N–H and O–H groups in total. The predicted molar refractivity (Wildman–Crippen MR) is 79.3 cm³/mol. The summed E-state index contributed by atoms with van der Waals surface area (Å²) < 4.78 is 11.2. The summed E-state index contributed by atoms with van der Waals surface area (Å²) in [5.74, 6) is -0.553. The molecule has 0 spiro atoms. The second kappa shape index (κ2) is 6.46. The van der Waals surface area contributed by atoms with Crippen molar-refractivity contribution >= 4 is 11.8 Å². The van der Waals surface area contributed by atoms with E-state index in [1.807, 2.05) is 4.90 Å². The van der Waals surface area contributed by atoms with Crippen LogP contribution in [-0.2, 0) is 9.47 Å². The highest BCUT2D eigenvalue weighted by molar-refractivity contribution is 5.97. The highest BCUT2D eigenvalue weighted by Crippen LogP contribution is 2.26. The number of amides is 2. The fourth-order valence-electron chi connectivity index (χ4n) is 3.03. The number of ether oxygens (including phenoxy) is 2. The highest BCUT2D eigenvalue weighted by Gasteiger charge is 2.36. The van der Waals surface area contributed by atoms with Crippen molar-refractivity contribution in [1.29, 1.82) is 0 Å². The third-order valence-corrected chi connectivity index (χ3v) is 4.19. The monoisotopic (exact) mass is 304 g/mol. The molecule has 0 unspecified atom stereocenters. The van der Waals surface area contributed by atoms with Gasteiger partial charge in [0, 0.05) is 17.7 Å². The Morgan fingerprint density at radius 1 is 1.05 bits per heavy atom. The van der Waals surface area contributed by atoms with Gasteiger partial charge in [0.1, 0.15) is 0 Å². The molecular weight excluding hydrogens is 284 g/mol. The summed E-state index contributed by atoms with van der Waals surface area (Å²) in [5, 5.41) is 0. The molecule has 0 aromatic heterocycles. The summed E-state index contributed by atoms with van der Waals surface area (Å²) in [6.07, 6.45) is 2.61. The SMILES string of the molecule is NC(=O)c1ccc(C(=O)N2CCCC[C@@H]2C2OCCO2)cc1. The maximum Gasteiger partial charge on any atom is 0.254 e. The lowest BCUT2D eigenvalue weighted by Gasteiger charge is -2.38. The number of nitrogens with zero attached hydrogens (tertiary/aromatic N) is 1. The van der Waals surface area contributed by atoms with Crippen molar-refractivity contribution in [2.45, 2.75) is 31.6 Å². The van der Waals surface area contributed by atoms with Gasteiger partial charge in [-0.25, -0.2) is 0 Å². The molecule has 2 amide bonds. The number of carbonyl (C=O) groups excluding carboxylic acids is 2. The molecule has 2 aliphatic rings. The summed E-state index contributed by atoms with van der Waals surface area (Å²) in [5.41, 5.74) is 6.17. The van der Waals surface area contributed by atoms with Crippen LogP contribution in [0.25, 0.3) is 0 Å². The van der Waals surface area contributed by atoms with Gasteiger partial charge < -0.3 is 20.1 Å². The summed E-state index contributed by atoms with van der Waals surface area (Å²) in [6, 6.07) is 6.41. The summed E-state index contributed by atoms with van der Waals surface area (Å²) >= 11 is 0. The molecule has 0 saturated carbocycles. The Kier molecular flexibility index (Phi) is 4.40. The number of benzene rings is 1. The molecule has 2 aliphatic heterocycles. The van der Waals surface area contributed by atoms with Gasteiger partial charge in [-0.3, -0.25) is 9.59 Å². The molecule has 0 aliphatic carbocycles. The Bertz CT molecular complexity index is 552. The van der Waals surface area contributed by atoms with Gasteiger partial charge in [0.05, 0.1) is 19.3 Å². The maximum atomic E-state index is 12.7. The lowest BCUT2D eigenvalue weighted by Crippen LogP contribution is -2.50. The molecule has 0 radical (unpaired) electrons. The van der Waals surface area contributed by atoms with Gasteiger partial charge in [-0.2, -0.15) is 0 Å². The van der Waals surface area contributed by atoms with Crippen molar-refractivity contribution in [3.63, 3.8) is 0 Å². The van der Waals surface area contributed by atoms with Crippen molar-refractivity contribution in [2.24, 2.45) is 5.73 Å². The van der Waals surface area contributed by atoms with Crippen LogP contribution in [0.5, 0.6) is 0 Å². The van der Waals surface area contributed by atoms with Crippen molar-refractivity contribution in [3.8, 4) is 0 Å². The number of rotatable bonds is 3. The number of hydrogen-bond acceptors (Lipinski definition) is 4. The lowest BCUT2D eigenvalue weighted by molar-refractivity contribution is -0.100. The lowest BCUT2D eigenvalue weighted by atomic mass is 10.00. The molecule has 2 saturated heterocycles. The molecule has 1 atom stereocenters. The van der Waals surface area contributed by atoms with Crippen LogP contribution in [0.4, 0.5) is 0 Å². The molecule has 118 valence electrons. The van der Waals surface area contributed by atoms with Crippen LogP contribution >= 0.6 is 0 Å². The maximum absolute atomic E-state index is 12.7. The fourth-order valence-corrected chi connectivity index (χ4v) is 3.03. The molecule has 2 heterocycles. The molecular formula is C16H20N2O4. The van der Waals surface area contributed by atoms with Crippen LogP contribution in [0.15, 0.2) is 24.3 Å². The third-order valence-electron chi connectivity index (χ3n) is 4.19. The van der Waals surface area contributed by atoms with Crippen molar-refractivity contribution < 1.29 is 19.1 Å². The van der Waals surface area contributed by atoms with Crippen molar-refractivity contribution in [2.75, 3.05) is 19.8 Å². The van der Waals surface area contributed by atoms with E-state index in [4.69, 9.17) is 15.2 Å². The standard InChI is InChI=1S/C16H20N2O4/c17-14(19)11-4-6-12(7-5-11)15(20)18-8-2-1-3-13(18)16-21-9-10-22-16/h4-7,13,16H,1-3,8-10H2,(H2,17,19)/t13-/m1/s1. The minimum Gasteiger partial charge on any atom is -0.366 e. The van der Waals surface area contributed by atoms with Crippen LogP contribution in [0.1, 0.15) is 40.0 Å². The zero-order valence-electron chi connectivity index (χ0n) is 12.4. The van der Waals surface area contributed by atoms with Crippen LogP contribution < -0.4 is 5.73 Å². The quantitative estimate of drug-likeness (QED) is 0.908. The number of nitrogens with two attached hydrogens (primary N) is 1. The molecule has 1 aromatic rings.